The number of hydrogen-bond acceptors (Lipinski definition) is 2. The third-order valence-electron chi connectivity index (χ3n) is 3.44. The average molecular weight is 279 g/mol. The van der Waals surface area contributed by atoms with Crippen LogP contribution in [0, 0.1) is 19.3 Å². The Labute approximate surface area is 123 Å². The van der Waals surface area contributed by atoms with Crippen LogP contribution in [0.2, 0.25) is 0 Å². The summed E-state index contributed by atoms with van der Waals surface area (Å²) in [5.74, 6) is 1.13. The standard InChI is InChI=1S/C17H29NS/c1-7-10-18-16(17(4,5)6)12-19-15-11-13(2)8-9-14(15)3/h8-9,11,16,18H,7,10,12H2,1-6H3. The summed E-state index contributed by atoms with van der Waals surface area (Å²) in [7, 11) is 0. The SMILES string of the molecule is CCCNC(CSc1cc(C)ccc1C)C(C)(C)C. The molecule has 1 nitrogen and oxygen atoms in total. The number of thioether (sulfide) groups is 1. The fourth-order valence-corrected chi connectivity index (χ4v) is 3.50. The van der Waals surface area contributed by atoms with Gasteiger partial charge in [0.05, 0.1) is 0 Å². The van der Waals surface area contributed by atoms with Crippen molar-refractivity contribution in [2.75, 3.05) is 12.3 Å². The Morgan fingerprint density at radius 1 is 1.21 bits per heavy atom. The normalized spacial score (nSPS) is 13.6. The molecule has 0 heterocycles. The third-order valence-corrected chi connectivity index (χ3v) is 4.69. The molecule has 0 aliphatic rings. The number of benzene rings is 1. The van der Waals surface area contributed by atoms with Crippen molar-refractivity contribution < 1.29 is 0 Å². The van der Waals surface area contributed by atoms with E-state index in [1.165, 1.54) is 22.4 Å². The van der Waals surface area contributed by atoms with E-state index in [0.29, 0.717) is 11.5 Å². The van der Waals surface area contributed by atoms with Gasteiger partial charge in [-0.05, 0) is 43.9 Å². The smallest absolute Gasteiger partial charge is 0.0210 e. The van der Waals surface area contributed by atoms with Gasteiger partial charge in [0.1, 0.15) is 0 Å². The summed E-state index contributed by atoms with van der Waals surface area (Å²) in [6.07, 6.45) is 1.20. The van der Waals surface area contributed by atoms with Crippen LogP contribution in [0.3, 0.4) is 0 Å². The first-order valence-electron chi connectivity index (χ1n) is 7.28. The van der Waals surface area contributed by atoms with Crippen molar-refractivity contribution in [3.63, 3.8) is 0 Å². The van der Waals surface area contributed by atoms with Crippen LogP contribution < -0.4 is 5.32 Å². The van der Waals surface area contributed by atoms with Gasteiger partial charge in [0.2, 0.25) is 0 Å². The molecule has 0 saturated heterocycles. The second-order valence-electron chi connectivity index (χ2n) is 6.45. The fraction of sp³-hybridized carbons (Fsp3) is 0.647. The Morgan fingerprint density at radius 2 is 1.89 bits per heavy atom. The molecule has 1 unspecified atom stereocenters. The summed E-state index contributed by atoms with van der Waals surface area (Å²) in [6.45, 7) is 14.7. The van der Waals surface area contributed by atoms with Crippen molar-refractivity contribution in [3.8, 4) is 0 Å². The molecule has 0 aliphatic carbocycles. The summed E-state index contributed by atoms with van der Waals surface area (Å²) < 4.78 is 0. The van der Waals surface area contributed by atoms with Crippen molar-refractivity contribution in [2.24, 2.45) is 5.41 Å². The van der Waals surface area contributed by atoms with Gasteiger partial charge in [0, 0.05) is 16.7 Å². The second-order valence-corrected chi connectivity index (χ2v) is 7.51. The maximum Gasteiger partial charge on any atom is 0.0210 e. The Hall–Kier alpha value is -0.470. The van der Waals surface area contributed by atoms with Gasteiger partial charge >= 0.3 is 0 Å². The lowest BCUT2D eigenvalue weighted by Crippen LogP contribution is -2.42. The van der Waals surface area contributed by atoms with Gasteiger partial charge in [0.15, 0.2) is 0 Å². The first kappa shape index (κ1) is 16.6. The van der Waals surface area contributed by atoms with Crippen molar-refractivity contribution in [1.29, 1.82) is 0 Å². The predicted molar refractivity (Wildman–Crippen MR) is 88.2 cm³/mol. The highest BCUT2D eigenvalue weighted by Gasteiger charge is 2.24. The van der Waals surface area contributed by atoms with Gasteiger partial charge in [-0.15, -0.1) is 11.8 Å². The molecule has 0 amide bonds. The lowest BCUT2D eigenvalue weighted by atomic mass is 9.88. The van der Waals surface area contributed by atoms with E-state index >= 15 is 0 Å². The molecule has 0 radical (unpaired) electrons. The number of rotatable bonds is 6. The van der Waals surface area contributed by atoms with Crippen molar-refractivity contribution in [1.82, 2.24) is 5.32 Å². The monoisotopic (exact) mass is 279 g/mol. The van der Waals surface area contributed by atoms with Crippen LogP contribution in [-0.4, -0.2) is 18.3 Å². The second kappa shape index (κ2) is 7.35. The fourth-order valence-electron chi connectivity index (χ4n) is 1.97. The molecular weight excluding hydrogens is 250 g/mol. The minimum absolute atomic E-state index is 0.305. The van der Waals surface area contributed by atoms with Gasteiger partial charge in [-0.25, -0.2) is 0 Å². The van der Waals surface area contributed by atoms with Crippen LogP contribution >= 0.6 is 11.8 Å². The first-order valence-corrected chi connectivity index (χ1v) is 8.26. The zero-order valence-electron chi connectivity index (χ0n) is 13.3. The quantitative estimate of drug-likeness (QED) is 0.750. The van der Waals surface area contributed by atoms with Crippen molar-refractivity contribution in [2.45, 2.75) is 58.9 Å². The zero-order valence-corrected chi connectivity index (χ0v) is 14.2. The molecule has 0 fully saturated rings. The number of aryl methyl sites for hydroxylation is 2. The van der Waals surface area contributed by atoms with E-state index in [4.69, 9.17) is 0 Å². The van der Waals surface area contributed by atoms with Gasteiger partial charge in [0.25, 0.3) is 0 Å². The molecule has 1 atom stereocenters. The highest BCUT2D eigenvalue weighted by Crippen LogP contribution is 2.29. The maximum atomic E-state index is 3.69. The molecule has 1 aromatic carbocycles. The van der Waals surface area contributed by atoms with Crippen LogP contribution in [0.4, 0.5) is 0 Å². The van der Waals surface area contributed by atoms with Crippen molar-refractivity contribution in [3.05, 3.63) is 29.3 Å². The summed E-state index contributed by atoms with van der Waals surface area (Å²) in [5.41, 5.74) is 3.04. The zero-order chi connectivity index (χ0) is 14.5. The Bertz CT molecular complexity index is 393. The molecule has 1 rings (SSSR count). The largest absolute Gasteiger partial charge is 0.313 e. The summed E-state index contributed by atoms with van der Waals surface area (Å²) in [6, 6.07) is 7.27. The summed E-state index contributed by atoms with van der Waals surface area (Å²) in [5, 5.41) is 3.69. The van der Waals surface area contributed by atoms with E-state index in [1.807, 2.05) is 11.8 Å². The first-order chi connectivity index (χ1) is 8.84. The van der Waals surface area contributed by atoms with Gasteiger partial charge < -0.3 is 5.32 Å². The van der Waals surface area contributed by atoms with Gasteiger partial charge in [-0.3, -0.25) is 0 Å². The molecule has 1 N–H and O–H groups in total. The molecule has 1 aromatic rings. The minimum atomic E-state index is 0.305. The molecule has 0 saturated carbocycles. The average Bonchev–Trinajstić information content (AvgIpc) is 2.31. The molecule has 0 spiro atoms. The van der Waals surface area contributed by atoms with Crippen LogP contribution in [0.1, 0.15) is 45.2 Å². The van der Waals surface area contributed by atoms with E-state index in [1.54, 1.807) is 0 Å². The topological polar surface area (TPSA) is 12.0 Å². The molecule has 0 aromatic heterocycles. The van der Waals surface area contributed by atoms with Gasteiger partial charge in [-0.1, -0.05) is 45.4 Å². The summed E-state index contributed by atoms with van der Waals surface area (Å²) in [4.78, 5) is 1.42. The molecular formula is C17H29NS. The Morgan fingerprint density at radius 3 is 2.47 bits per heavy atom. The van der Waals surface area contributed by atoms with E-state index in [9.17, 15) is 0 Å². The van der Waals surface area contributed by atoms with Crippen LogP contribution in [0.15, 0.2) is 23.1 Å². The van der Waals surface area contributed by atoms with Crippen LogP contribution in [-0.2, 0) is 0 Å². The van der Waals surface area contributed by atoms with Crippen molar-refractivity contribution >= 4 is 11.8 Å². The summed E-state index contributed by atoms with van der Waals surface area (Å²) >= 11 is 1.98. The number of hydrogen-bond donors (Lipinski definition) is 1. The van der Waals surface area contributed by atoms with E-state index in [-0.39, 0.29) is 0 Å². The van der Waals surface area contributed by atoms with Crippen LogP contribution in [0.25, 0.3) is 0 Å². The lowest BCUT2D eigenvalue weighted by Gasteiger charge is -2.31. The molecule has 2 heteroatoms. The maximum absolute atomic E-state index is 3.69. The molecule has 0 bridgehead atoms. The van der Waals surface area contributed by atoms with Gasteiger partial charge in [-0.2, -0.15) is 0 Å². The highest BCUT2D eigenvalue weighted by atomic mass is 32.2. The van der Waals surface area contributed by atoms with E-state index < -0.39 is 0 Å². The molecule has 19 heavy (non-hydrogen) atoms. The molecule has 108 valence electrons. The van der Waals surface area contributed by atoms with Crippen LogP contribution in [0.5, 0.6) is 0 Å². The van der Waals surface area contributed by atoms with E-state index in [0.717, 1.165) is 12.3 Å². The number of nitrogens with one attached hydrogen (secondary N) is 1. The predicted octanol–water partition coefficient (Wildman–Crippen LogP) is 4.81. The third kappa shape index (κ3) is 5.58. The van der Waals surface area contributed by atoms with E-state index in [2.05, 4.69) is 65.1 Å². The Kier molecular flexibility index (Phi) is 6.41. The lowest BCUT2D eigenvalue weighted by molar-refractivity contribution is 0.292. The highest BCUT2D eigenvalue weighted by molar-refractivity contribution is 7.99. The Balaban J connectivity index is 2.67. The minimum Gasteiger partial charge on any atom is -0.313 e. The molecule has 0 aliphatic heterocycles.